The molecule has 1 heterocycles. The summed E-state index contributed by atoms with van der Waals surface area (Å²) in [7, 11) is 3.28. The van der Waals surface area contributed by atoms with Crippen LogP contribution in [0.4, 0.5) is 0 Å². The zero-order valence-corrected chi connectivity index (χ0v) is 17.3. The number of ether oxygens (including phenoxy) is 2. The summed E-state index contributed by atoms with van der Waals surface area (Å²) in [6, 6.07) is 0. The second kappa shape index (κ2) is 11.3. The zero-order valence-electron chi connectivity index (χ0n) is 16.5. The van der Waals surface area contributed by atoms with Crippen LogP contribution < -0.4 is 5.32 Å². The molecule has 1 aromatic rings. The largest absolute Gasteiger partial charge is 0.385 e. The number of hydrogen-bond donors (Lipinski definition) is 1. The maximum absolute atomic E-state index is 12.7. The van der Waals surface area contributed by atoms with E-state index in [1.54, 1.807) is 24.5 Å². The maximum atomic E-state index is 12.7. The molecule has 0 spiro atoms. The van der Waals surface area contributed by atoms with Crippen molar-refractivity contribution in [3.05, 3.63) is 16.1 Å². The van der Waals surface area contributed by atoms with Crippen molar-refractivity contribution in [2.45, 2.75) is 40.2 Å². The predicted molar refractivity (Wildman–Crippen MR) is 102 cm³/mol. The standard InChI is InChI=1S/C18H31N3O4S/c1-18(2,3)17(23)21(9-7-11-25-5)12-15-20-14(13-26-15)16(22)19-8-6-10-24-4/h13H,6-12H2,1-5H3,(H,19,22). The van der Waals surface area contributed by atoms with Crippen LogP contribution in [-0.4, -0.2) is 62.2 Å². The molecule has 1 aromatic heterocycles. The molecule has 0 aliphatic rings. The summed E-state index contributed by atoms with van der Waals surface area (Å²) in [6.07, 6.45) is 1.52. The van der Waals surface area contributed by atoms with Crippen molar-refractivity contribution >= 4 is 23.2 Å². The summed E-state index contributed by atoms with van der Waals surface area (Å²) in [5.74, 6) is -0.133. The number of thiazole rings is 1. The van der Waals surface area contributed by atoms with Crippen molar-refractivity contribution in [3.63, 3.8) is 0 Å². The number of carbonyl (C=O) groups is 2. The van der Waals surface area contributed by atoms with Crippen LogP contribution in [0.25, 0.3) is 0 Å². The maximum Gasteiger partial charge on any atom is 0.270 e. The highest BCUT2D eigenvalue weighted by atomic mass is 32.1. The smallest absolute Gasteiger partial charge is 0.270 e. The lowest BCUT2D eigenvalue weighted by molar-refractivity contribution is -0.140. The first-order valence-electron chi connectivity index (χ1n) is 8.79. The average molecular weight is 386 g/mol. The Morgan fingerprint density at radius 1 is 1.19 bits per heavy atom. The third-order valence-electron chi connectivity index (χ3n) is 3.63. The van der Waals surface area contributed by atoms with Crippen LogP contribution >= 0.6 is 11.3 Å². The molecule has 0 atom stereocenters. The first kappa shape index (κ1) is 22.5. The molecule has 0 unspecified atom stereocenters. The Morgan fingerprint density at radius 3 is 2.46 bits per heavy atom. The Labute approximate surface area is 160 Å². The van der Waals surface area contributed by atoms with Crippen molar-refractivity contribution in [1.82, 2.24) is 15.2 Å². The fourth-order valence-corrected chi connectivity index (χ4v) is 3.08. The molecule has 7 nitrogen and oxygen atoms in total. The fraction of sp³-hybridized carbons (Fsp3) is 0.722. The first-order chi connectivity index (χ1) is 12.3. The van der Waals surface area contributed by atoms with Gasteiger partial charge in [0.2, 0.25) is 5.91 Å². The van der Waals surface area contributed by atoms with E-state index in [2.05, 4.69) is 10.3 Å². The van der Waals surface area contributed by atoms with Gasteiger partial charge in [0.25, 0.3) is 5.91 Å². The third-order valence-corrected chi connectivity index (χ3v) is 4.46. The molecule has 0 aliphatic heterocycles. The van der Waals surface area contributed by atoms with Gasteiger partial charge in [-0.05, 0) is 12.8 Å². The van der Waals surface area contributed by atoms with Crippen LogP contribution in [0.3, 0.4) is 0 Å². The van der Waals surface area contributed by atoms with Crippen molar-refractivity contribution in [3.8, 4) is 0 Å². The zero-order chi connectivity index (χ0) is 19.6. The SMILES string of the molecule is COCCCNC(=O)c1csc(CN(CCCOC)C(=O)C(C)(C)C)n1. The van der Waals surface area contributed by atoms with E-state index in [1.165, 1.54) is 11.3 Å². The summed E-state index contributed by atoms with van der Waals surface area (Å²) < 4.78 is 10.0. The number of hydrogen-bond acceptors (Lipinski definition) is 6. The van der Waals surface area contributed by atoms with Crippen LogP contribution in [-0.2, 0) is 20.8 Å². The fourth-order valence-electron chi connectivity index (χ4n) is 2.29. The monoisotopic (exact) mass is 385 g/mol. The molecule has 0 bridgehead atoms. The van der Waals surface area contributed by atoms with Gasteiger partial charge in [0.15, 0.2) is 0 Å². The third kappa shape index (κ3) is 7.80. The van der Waals surface area contributed by atoms with Gasteiger partial charge >= 0.3 is 0 Å². The van der Waals surface area contributed by atoms with Crippen LogP contribution in [0.5, 0.6) is 0 Å². The summed E-state index contributed by atoms with van der Waals surface area (Å²) >= 11 is 1.40. The molecule has 0 aromatic carbocycles. The second-order valence-corrected chi connectivity index (χ2v) is 7.99. The molecule has 0 aliphatic carbocycles. The molecular weight excluding hydrogens is 354 g/mol. The van der Waals surface area contributed by atoms with E-state index in [0.717, 1.165) is 17.8 Å². The molecule has 8 heteroatoms. The Hall–Kier alpha value is -1.51. The van der Waals surface area contributed by atoms with Gasteiger partial charge in [-0.15, -0.1) is 11.3 Å². The van der Waals surface area contributed by atoms with Crippen LogP contribution in [0.15, 0.2) is 5.38 Å². The van der Waals surface area contributed by atoms with Crippen molar-refractivity contribution in [2.24, 2.45) is 5.41 Å². The summed E-state index contributed by atoms with van der Waals surface area (Å²) in [5, 5.41) is 5.30. The summed E-state index contributed by atoms with van der Waals surface area (Å²) in [6.45, 7) is 8.46. The molecule has 0 saturated heterocycles. The van der Waals surface area contributed by atoms with Crippen LogP contribution in [0.2, 0.25) is 0 Å². The van der Waals surface area contributed by atoms with Gasteiger partial charge in [-0.3, -0.25) is 9.59 Å². The number of nitrogens with zero attached hydrogens (tertiary/aromatic N) is 2. The number of rotatable bonds is 11. The molecule has 1 N–H and O–H groups in total. The van der Waals surface area contributed by atoms with Crippen LogP contribution in [0.1, 0.15) is 49.1 Å². The van der Waals surface area contributed by atoms with Gasteiger partial charge in [0.1, 0.15) is 10.7 Å². The Bertz CT molecular complexity index is 569. The van der Waals surface area contributed by atoms with Crippen LogP contribution in [0, 0.1) is 5.41 Å². The number of aromatic nitrogens is 1. The lowest BCUT2D eigenvalue weighted by atomic mass is 9.94. The molecule has 1 rings (SSSR count). The Balaban J connectivity index is 2.68. The van der Waals surface area contributed by atoms with E-state index in [4.69, 9.17) is 9.47 Å². The van der Waals surface area contributed by atoms with E-state index in [0.29, 0.717) is 38.5 Å². The lowest BCUT2D eigenvalue weighted by Crippen LogP contribution is -2.40. The van der Waals surface area contributed by atoms with Gasteiger partial charge < -0.3 is 19.7 Å². The topological polar surface area (TPSA) is 80.8 Å². The predicted octanol–water partition coefficient (Wildman–Crippen LogP) is 2.32. The Kier molecular flexibility index (Phi) is 9.75. The number of nitrogens with one attached hydrogen (secondary N) is 1. The second-order valence-electron chi connectivity index (χ2n) is 7.05. The highest BCUT2D eigenvalue weighted by Crippen LogP contribution is 2.21. The van der Waals surface area contributed by atoms with Gasteiger partial charge in [-0.25, -0.2) is 4.98 Å². The minimum atomic E-state index is -0.466. The summed E-state index contributed by atoms with van der Waals surface area (Å²) in [4.78, 5) is 31.0. The van der Waals surface area contributed by atoms with E-state index in [1.807, 2.05) is 20.8 Å². The van der Waals surface area contributed by atoms with Gasteiger partial charge in [0, 0.05) is 51.3 Å². The Morgan fingerprint density at radius 2 is 1.85 bits per heavy atom. The first-order valence-corrected chi connectivity index (χ1v) is 9.67. The normalized spacial score (nSPS) is 11.4. The van der Waals surface area contributed by atoms with E-state index >= 15 is 0 Å². The molecule has 0 radical (unpaired) electrons. The highest BCUT2D eigenvalue weighted by Gasteiger charge is 2.27. The molecule has 0 saturated carbocycles. The average Bonchev–Trinajstić information content (AvgIpc) is 3.05. The van der Waals surface area contributed by atoms with E-state index < -0.39 is 5.41 Å². The van der Waals surface area contributed by atoms with Crippen molar-refractivity contribution < 1.29 is 19.1 Å². The molecule has 26 heavy (non-hydrogen) atoms. The van der Waals surface area contributed by atoms with Gasteiger partial charge in [-0.1, -0.05) is 20.8 Å². The highest BCUT2D eigenvalue weighted by molar-refractivity contribution is 7.09. The van der Waals surface area contributed by atoms with E-state index in [-0.39, 0.29) is 11.8 Å². The number of methoxy groups -OCH3 is 2. The molecule has 148 valence electrons. The minimum Gasteiger partial charge on any atom is -0.385 e. The van der Waals surface area contributed by atoms with E-state index in [9.17, 15) is 9.59 Å². The molecule has 2 amide bonds. The summed E-state index contributed by atoms with van der Waals surface area (Å²) in [5.41, 5.74) is -0.0752. The number of amides is 2. The van der Waals surface area contributed by atoms with Crippen molar-refractivity contribution in [2.75, 3.05) is 40.5 Å². The van der Waals surface area contributed by atoms with Gasteiger partial charge in [-0.2, -0.15) is 0 Å². The van der Waals surface area contributed by atoms with Gasteiger partial charge in [0.05, 0.1) is 6.54 Å². The quantitative estimate of drug-likeness (QED) is 0.591. The molecular formula is C18H31N3O4S. The lowest BCUT2D eigenvalue weighted by Gasteiger charge is -2.28. The minimum absolute atomic E-state index is 0.0642. The molecule has 0 fully saturated rings. The van der Waals surface area contributed by atoms with Crippen molar-refractivity contribution in [1.29, 1.82) is 0 Å². The number of carbonyl (C=O) groups excluding carboxylic acids is 2.